The first kappa shape index (κ1) is 11.9. The highest BCUT2D eigenvalue weighted by Crippen LogP contribution is 2.38. The maximum Gasteiger partial charge on any atom is 0.0707 e. The molecule has 98 valence electrons. The van der Waals surface area contributed by atoms with E-state index in [1.807, 2.05) is 0 Å². The molecule has 3 fully saturated rings. The van der Waals surface area contributed by atoms with Crippen molar-refractivity contribution in [2.45, 2.75) is 57.3 Å². The van der Waals surface area contributed by atoms with Crippen LogP contribution in [0.15, 0.2) is 0 Å². The quantitative estimate of drug-likeness (QED) is 0.788. The number of rotatable bonds is 5. The Labute approximate surface area is 105 Å². The van der Waals surface area contributed by atoms with E-state index < -0.39 is 0 Å². The number of ether oxygens (including phenoxy) is 1. The molecule has 3 nitrogen and oxygen atoms in total. The van der Waals surface area contributed by atoms with Crippen LogP contribution in [0.5, 0.6) is 0 Å². The summed E-state index contributed by atoms with van der Waals surface area (Å²) in [6.45, 7) is 6.80. The van der Waals surface area contributed by atoms with Crippen molar-refractivity contribution >= 4 is 0 Å². The minimum Gasteiger partial charge on any atom is -0.372 e. The van der Waals surface area contributed by atoms with Crippen molar-refractivity contribution in [2.75, 3.05) is 26.2 Å². The molecular formula is C14H26N2O. The standard InChI is InChI=1S/C14H26N2O/c1-2-15-8-13-5-6-14(17-13)10-16-9-11-3-4-12(16)7-11/h11-15H,2-10H2,1H3. The van der Waals surface area contributed by atoms with Crippen LogP contribution >= 0.6 is 0 Å². The largest absolute Gasteiger partial charge is 0.372 e. The minimum atomic E-state index is 0.472. The maximum atomic E-state index is 6.13. The molecule has 0 aromatic rings. The van der Waals surface area contributed by atoms with Crippen LogP contribution in [0.25, 0.3) is 0 Å². The fraction of sp³-hybridized carbons (Fsp3) is 1.00. The highest BCUT2D eigenvalue weighted by Gasteiger charge is 2.39. The van der Waals surface area contributed by atoms with Crippen LogP contribution in [-0.2, 0) is 4.74 Å². The summed E-state index contributed by atoms with van der Waals surface area (Å²) in [5.41, 5.74) is 0. The van der Waals surface area contributed by atoms with Gasteiger partial charge in [0.05, 0.1) is 12.2 Å². The summed E-state index contributed by atoms with van der Waals surface area (Å²) in [7, 11) is 0. The molecule has 0 aromatic heterocycles. The first-order valence-corrected chi connectivity index (χ1v) is 7.45. The lowest BCUT2D eigenvalue weighted by Crippen LogP contribution is -2.38. The van der Waals surface area contributed by atoms with E-state index in [0.29, 0.717) is 12.2 Å². The van der Waals surface area contributed by atoms with Gasteiger partial charge in [0.2, 0.25) is 0 Å². The Bertz CT molecular complexity index is 259. The Morgan fingerprint density at radius 3 is 2.76 bits per heavy atom. The molecule has 2 heterocycles. The summed E-state index contributed by atoms with van der Waals surface area (Å²) in [4.78, 5) is 2.70. The highest BCUT2D eigenvalue weighted by atomic mass is 16.5. The number of fused-ring (bicyclic) bond motifs is 2. The van der Waals surface area contributed by atoms with Crippen LogP contribution in [0.3, 0.4) is 0 Å². The molecule has 0 aromatic carbocycles. The van der Waals surface area contributed by atoms with Crippen LogP contribution in [-0.4, -0.2) is 49.3 Å². The predicted octanol–water partition coefficient (Wildman–Crippen LogP) is 1.63. The van der Waals surface area contributed by atoms with Gasteiger partial charge < -0.3 is 10.1 Å². The Morgan fingerprint density at radius 2 is 2.06 bits per heavy atom. The average molecular weight is 238 g/mol. The average Bonchev–Trinajstić information content (AvgIpc) is 3.02. The van der Waals surface area contributed by atoms with Crippen molar-refractivity contribution in [3.05, 3.63) is 0 Å². The number of likely N-dealkylation sites (N-methyl/N-ethyl adjacent to an activating group) is 1. The zero-order valence-electron chi connectivity index (χ0n) is 11.0. The summed E-state index contributed by atoms with van der Waals surface area (Å²) >= 11 is 0. The molecule has 1 N–H and O–H groups in total. The van der Waals surface area contributed by atoms with Gasteiger partial charge in [0.15, 0.2) is 0 Å². The minimum absolute atomic E-state index is 0.472. The second-order valence-electron chi connectivity index (χ2n) is 6.05. The van der Waals surface area contributed by atoms with E-state index in [0.717, 1.165) is 25.0 Å². The van der Waals surface area contributed by atoms with Gasteiger partial charge in [-0.3, -0.25) is 4.90 Å². The summed E-state index contributed by atoms with van der Waals surface area (Å²) in [5.74, 6) is 1.01. The summed E-state index contributed by atoms with van der Waals surface area (Å²) in [6, 6.07) is 0.899. The monoisotopic (exact) mass is 238 g/mol. The van der Waals surface area contributed by atoms with Crippen LogP contribution in [0, 0.1) is 5.92 Å². The van der Waals surface area contributed by atoms with Crippen LogP contribution in [0.2, 0.25) is 0 Å². The highest BCUT2D eigenvalue weighted by molar-refractivity contribution is 4.93. The molecule has 3 aliphatic rings. The second kappa shape index (κ2) is 5.25. The van der Waals surface area contributed by atoms with E-state index in [9.17, 15) is 0 Å². The van der Waals surface area contributed by atoms with Crippen LogP contribution < -0.4 is 5.32 Å². The second-order valence-corrected chi connectivity index (χ2v) is 6.05. The number of hydrogen-bond acceptors (Lipinski definition) is 3. The lowest BCUT2D eigenvalue weighted by molar-refractivity contribution is 0.0176. The molecule has 0 amide bonds. The molecule has 1 saturated carbocycles. The SMILES string of the molecule is CCNCC1CCC(CN2CC3CCC2C3)O1. The molecule has 17 heavy (non-hydrogen) atoms. The Balaban J connectivity index is 1.41. The molecule has 3 heteroatoms. The summed E-state index contributed by atoms with van der Waals surface area (Å²) < 4.78 is 6.13. The number of hydrogen-bond donors (Lipinski definition) is 1. The number of nitrogens with one attached hydrogen (secondary N) is 1. The topological polar surface area (TPSA) is 24.5 Å². The zero-order chi connectivity index (χ0) is 11.7. The summed E-state index contributed by atoms with van der Waals surface area (Å²) in [6.07, 6.45) is 7.89. The van der Waals surface area contributed by atoms with Gasteiger partial charge in [0.25, 0.3) is 0 Å². The Morgan fingerprint density at radius 1 is 1.18 bits per heavy atom. The molecule has 2 saturated heterocycles. The predicted molar refractivity (Wildman–Crippen MR) is 69.1 cm³/mol. The van der Waals surface area contributed by atoms with E-state index in [1.165, 1.54) is 45.2 Å². The molecule has 3 rings (SSSR count). The third kappa shape index (κ3) is 2.67. The fourth-order valence-corrected chi connectivity index (χ4v) is 3.88. The van der Waals surface area contributed by atoms with E-state index in [-0.39, 0.29) is 0 Å². The van der Waals surface area contributed by atoms with Crippen molar-refractivity contribution in [3.8, 4) is 0 Å². The van der Waals surface area contributed by atoms with Crippen molar-refractivity contribution in [3.63, 3.8) is 0 Å². The molecule has 2 bridgehead atoms. The van der Waals surface area contributed by atoms with Gasteiger partial charge in [0, 0.05) is 25.7 Å². The third-order valence-corrected chi connectivity index (χ3v) is 4.78. The number of piperidine rings is 1. The molecule has 0 radical (unpaired) electrons. The lowest BCUT2D eigenvalue weighted by atomic mass is 10.1. The van der Waals surface area contributed by atoms with Gasteiger partial charge >= 0.3 is 0 Å². The molecule has 4 unspecified atom stereocenters. The maximum absolute atomic E-state index is 6.13. The normalized spacial score (nSPS) is 41.5. The third-order valence-electron chi connectivity index (χ3n) is 4.78. The zero-order valence-corrected chi connectivity index (χ0v) is 11.0. The lowest BCUT2D eigenvalue weighted by Gasteiger charge is -2.29. The molecule has 2 aliphatic heterocycles. The van der Waals surface area contributed by atoms with Gasteiger partial charge in [-0.2, -0.15) is 0 Å². The molecule has 1 aliphatic carbocycles. The Kier molecular flexibility index (Phi) is 3.69. The smallest absolute Gasteiger partial charge is 0.0707 e. The van der Waals surface area contributed by atoms with Gasteiger partial charge in [-0.05, 0) is 44.6 Å². The van der Waals surface area contributed by atoms with E-state index in [1.54, 1.807) is 0 Å². The Hall–Kier alpha value is -0.120. The van der Waals surface area contributed by atoms with E-state index in [4.69, 9.17) is 4.74 Å². The number of likely N-dealkylation sites (tertiary alicyclic amines) is 1. The van der Waals surface area contributed by atoms with Crippen molar-refractivity contribution < 1.29 is 4.74 Å². The molecule has 4 atom stereocenters. The van der Waals surface area contributed by atoms with Gasteiger partial charge in [-0.1, -0.05) is 6.92 Å². The molecule has 0 spiro atoms. The van der Waals surface area contributed by atoms with E-state index in [2.05, 4.69) is 17.1 Å². The number of nitrogens with zero attached hydrogens (tertiary/aromatic N) is 1. The van der Waals surface area contributed by atoms with Crippen LogP contribution in [0.4, 0.5) is 0 Å². The molecular weight excluding hydrogens is 212 g/mol. The first-order chi connectivity index (χ1) is 8.35. The first-order valence-electron chi connectivity index (χ1n) is 7.45. The summed E-state index contributed by atoms with van der Waals surface area (Å²) in [5, 5.41) is 3.39. The van der Waals surface area contributed by atoms with Gasteiger partial charge in [0.1, 0.15) is 0 Å². The van der Waals surface area contributed by atoms with E-state index >= 15 is 0 Å². The van der Waals surface area contributed by atoms with Crippen LogP contribution in [0.1, 0.15) is 39.0 Å². The van der Waals surface area contributed by atoms with Crippen molar-refractivity contribution in [1.29, 1.82) is 0 Å². The van der Waals surface area contributed by atoms with Gasteiger partial charge in [-0.25, -0.2) is 0 Å². The van der Waals surface area contributed by atoms with Crippen molar-refractivity contribution in [1.82, 2.24) is 10.2 Å². The van der Waals surface area contributed by atoms with Gasteiger partial charge in [-0.15, -0.1) is 0 Å². The van der Waals surface area contributed by atoms with Crippen molar-refractivity contribution in [2.24, 2.45) is 5.92 Å². The fourth-order valence-electron chi connectivity index (χ4n) is 3.88.